The molecule has 94 valence electrons. The molecule has 1 rings (SSSR count). The van der Waals surface area contributed by atoms with Crippen molar-refractivity contribution in [3.63, 3.8) is 0 Å². The van der Waals surface area contributed by atoms with E-state index in [1.165, 1.54) is 20.4 Å². The number of rotatable bonds is 4. The van der Waals surface area contributed by atoms with E-state index in [0.717, 1.165) is 5.06 Å². The Labute approximate surface area is 106 Å². The van der Waals surface area contributed by atoms with E-state index in [2.05, 4.69) is 10.3 Å². The molecule has 0 radical (unpaired) electrons. The summed E-state index contributed by atoms with van der Waals surface area (Å²) in [4.78, 5) is 20.7. The number of halogens is 1. The quantitative estimate of drug-likeness (QED) is 0.664. The van der Waals surface area contributed by atoms with E-state index in [1.54, 1.807) is 6.07 Å². The van der Waals surface area contributed by atoms with Crippen molar-refractivity contribution < 1.29 is 9.63 Å². The molecule has 1 N–H and O–H groups in total. The van der Waals surface area contributed by atoms with E-state index in [9.17, 15) is 4.79 Å². The number of carbonyl (C=O) groups excluding carboxylic acids is 1. The van der Waals surface area contributed by atoms with E-state index in [4.69, 9.17) is 16.4 Å². The first-order valence-corrected chi connectivity index (χ1v) is 5.57. The summed E-state index contributed by atoms with van der Waals surface area (Å²) >= 11 is 5.81. The van der Waals surface area contributed by atoms with Gasteiger partial charge in [0.2, 0.25) is 0 Å². The van der Waals surface area contributed by atoms with Gasteiger partial charge in [-0.1, -0.05) is 11.6 Å². The van der Waals surface area contributed by atoms with Crippen LogP contribution in [-0.2, 0) is 4.84 Å². The van der Waals surface area contributed by atoms with Gasteiger partial charge >= 0.3 is 0 Å². The topological polar surface area (TPSA) is 54.5 Å². The molecule has 5 nitrogen and oxygen atoms in total. The molecule has 17 heavy (non-hydrogen) atoms. The summed E-state index contributed by atoms with van der Waals surface area (Å²) < 4.78 is 0. The standard InChI is InChI=1S/C11H16ClN3O2/c1-7(2)14-9-5-10(12)13-6-8(9)11(16)15(3)17-4/h5-7H,1-4H3,(H,13,14). The summed E-state index contributed by atoms with van der Waals surface area (Å²) in [7, 11) is 2.97. The summed E-state index contributed by atoms with van der Waals surface area (Å²) in [5.41, 5.74) is 1.07. The fourth-order valence-corrected chi connectivity index (χ4v) is 1.44. The molecule has 1 amide bonds. The molecule has 0 fully saturated rings. The third-order valence-corrected chi connectivity index (χ3v) is 2.31. The second-order valence-electron chi connectivity index (χ2n) is 3.84. The number of carbonyl (C=O) groups is 1. The van der Waals surface area contributed by atoms with Crippen LogP contribution in [-0.4, -0.2) is 36.2 Å². The van der Waals surface area contributed by atoms with Gasteiger partial charge in [0.1, 0.15) is 5.15 Å². The Morgan fingerprint density at radius 3 is 2.76 bits per heavy atom. The monoisotopic (exact) mass is 257 g/mol. The van der Waals surface area contributed by atoms with Crippen molar-refractivity contribution in [1.82, 2.24) is 10.0 Å². The highest BCUT2D eigenvalue weighted by atomic mass is 35.5. The zero-order valence-corrected chi connectivity index (χ0v) is 11.1. The van der Waals surface area contributed by atoms with Gasteiger partial charge in [-0.05, 0) is 19.9 Å². The zero-order valence-electron chi connectivity index (χ0n) is 10.3. The molecule has 0 aliphatic heterocycles. The van der Waals surface area contributed by atoms with Gasteiger partial charge < -0.3 is 5.32 Å². The zero-order chi connectivity index (χ0) is 13.0. The summed E-state index contributed by atoms with van der Waals surface area (Å²) in [6.07, 6.45) is 1.44. The predicted octanol–water partition coefficient (Wildman–Crippen LogP) is 2.19. The molecule has 1 aromatic rings. The lowest BCUT2D eigenvalue weighted by atomic mass is 10.2. The van der Waals surface area contributed by atoms with Crippen LogP contribution in [0.1, 0.15) is 24.2 Å². The summed E-state index contributed by atoms with van der Waals surface area (Å²) in [5.74, 6) is -0.278. The minimum Gasteiger partial charge on any atom is -0.382 e. The molecule has 0 bridgehead atoms. The van der Waals surface area contributed by atoms with E-state index < -0.39 is 0 Å². The highest BCUT2D eigenvalue weighted by molar-refractivity contribution is 6.29. The fourth-order valence-electron chi connectivity index (χ4n) is 1.28. The molecule has 0 aliphatic rings. The number of hydrogen-bond acceptors (Lipinski definition) is 4. The number of nitrogens with one attached hydrogen (secondary N) is 1. The van der Waals surface area contributed by atoms with Crippen molar-refractivity contribution in [2.45, 2.75) is 19.9 Å². The third kappa shape index (κ3) is 3.57. The molecular weight excluding hydrogens is 242 g/mol. The smallest absolute Gasteiger partial charge is 0.280 e. The van der Waals surface area contributed by atoms with Crippen LogP contribution in [0, 0.1) is 0 Å². The van der Waals surface area contributed by atoms with E-state index in [-0.39, 0.29) is 11.9 Å². The predicted molar refractivity (Wildman–Crippen MR) is 67.1 cm³/mol. The van der Waals surface area contributed by atoms with Gasteiger partial charge in [-0.15, -0.1) is 0 Å². The molecule has 6 heteroatoms. The van der Waals surface area contributed by atoms with Crippen LogP contribution in [0.15, 0.2) is 12.3 Å². The Hall–Kier alpha value is -1.33. The number of hydrogen-bond donors (Lipinski definition) is 1. The van der Waals surface area contributed by atoms with Crippen LogP contribution in [0.25, 0.3) is 0 Å². The van der Waals surface area contributed by atoms with Crippen molar-refractivity contribution in [2.75, 3.05) is 19.5 Å². The minimum atomic E-state index is -0.278. The van der Waals surface area contributed by atoms with Gasteiger partial charge in [-0.2, -0.15) is 0 Å². The molecule has 1 aromatic heterocycles. The van der Waals surface area contributed by atoms with Crippen LogP contribution in [0.5, 0.6) is 0 Å². The van der Waals surface area contributed by atoms with Crippen LogP contribution in [0.4, 0.5) is 5.69 Å². The van der Waals surface area contributed by atoms with Crippen LogP contribution in [0.2, 0.25) is 5.15 Å². The summed E-state index contributed by atoms with van der Waals surface area (Å²) in [5, 5.41) is 4.62. The maximum absolute atomic E-state index is 12.0. The van der Waals surface area contributed by atoms with E-state index in [0.29, 0.717) is 16.4 Å². The second kappa shape index (κ2) is 5.84. The lowest BCUT2D eigenvalue weighted by Crippen LogP contribution is -2.27. The molecular formula is C11H16ClN3O2. The molecule has 0 unspecified atom stereocenters. The SMILES string of the molecule is CON(C)C(=O)c1cnc(Cl)cc1NC(C)C. The van der Waals surface area contributed by atoms with Gasteiger partial charge in [-0.25, -0.2) is 10.0 Å². The van der Waals surface area contributed by atoms with Gasteiger partial charge in [0.05, 0.1) is 18.4 Å². The highest BCUT2D eigenvalue weighted by Gasteiger charge is 2.17. The largest absolute Gasteiger partial charge is 0.382 e. The van der Waals surface area contributed by atoms with Crippen molar-refractivity contribution >= 4 is 23.2 Å². The van der Waals surface area contributed by atoms with Gasteiger partial charge in [0, 0.05) is 19.3 Å². The number of aromatic nitrogens is 1. The second-order valence-corrected chi connectivity index (χ2v) is 4.22. The maximum Gasteiger partial charge on any atom is 0.280 e. The molecule has 1 heterocycles. The first-order valence-electron chi connectivity index (χ1n) is 5.20. The van der Waals surface area contributed by atoms with Gasteiger partial charge in [-0.3, -0.25) is 9.63 Å². The molecule has 0 atom stereocenters. The molecule has 0 spiro atoms. The number of amides is 1. The molecule has 0 saturated heterocycles. The first kappa shape index (κ1) is 13.7. The summed E-state index contributed by atoms with van der Waals surface area (Å²) in [6, 6.07) is 1.81. The number of hydroxylamine groups is 2. The lowest BCUT2D eigenvalue weighted by Gasteiger charge is -2.18. The van der Waals surface area contributed by atoms with Crippen molar-refractivity contribution in [3.05, 3.63) is 23.0 Å². The van der Waals surface area contributed by atoms with Crippen molar-refractivity contribution in [1.29, 1.82) is 0 Å². The van der Waals surface area contributed by atoms with Crippen LogP contribution in [0.3, 0.4) is 0 Å². The van der Waals surface area contributed by atoms with Gasteiger partial charge in [0.15, 0.2) is 0 Å². The number of anilines is 1. The minimum absolute atomic E-state index is 0.188. The van der Waals surface area contributed by atoms with E-state index >= 15 is 0 Å². The average molecular weight is 258 g/mol. The Kier molecular flexibility index (Phi) is 4.72. The Balaban J connectivity index is 3.09. The first-order chi connectivity index (χ1) is 7.95. The Morgan fingerprint density at radius 1 is 1.59 bits per heavy atom. The Morgan fingerprint density at radius 2 is 2.24 bits per heavy atom. The highest BCUT2D eigenvalue weighted by Crippen LogP contribution is 2.20. The molecule has 0 saturated carbocycles. The fraction of sp³-hybridized carbons (Fsp3) is 0.455. The van der Waals surface area contributed by atoms with Crippen LogP contribution >= 0.6 is 11.6 Å². The third-order valence-electron chi connectivity index (χ3n) is 2.11. The molecule has 0 aromatic carbocycles. The number of pyridine rings is 1. The summed E-state index contributed by atoms with van der Waals surface area (Å²) in [6.45, 7) is 3.95. The Bertz CT molecular complexity index is 410. The number of nitrogens with zero attached hydrogens (tertiary/aromatic N) is 2. The van der Waals surface area contributed by atoms with Crippen molar-refractivity contribution in [2.24, 2.45) is 0 Å². The molecule has 0 aliphatic carbocycles. The van der Waals surface area contributed by atoms with E-state index in [1.807, 2.05) is 13.8 Å². The maximum atomic E-state index is 12.0. The normalized spacial score (nSPS) is 10.5. The van der Waals surface area contributed by atoms with Crippen molar-refractivity contribution in [3.8, 4) is 0 Å². The van der Waals surface area contributed by atoms with Crippen LogP contribution < -0.4 is 5.32 Å². The van der Waals surface area contributed by atoms with Gasteiger partial charge in [0.25, 0.3) is 5.91 Å². The average Bonchev–Trinajstić information content (AvgIpc) is 2.26. The lowest BCUT2D eigenvalue weighted by molar-refractivity contribution is -0.0756.